The van der Waals surface area contributed by atoms with Crippen molar-refractivity contribution < 1.29 is 19.8 Å². The van der Waals surface area contributed by atoms with E-state index in [4.69, 9.17) is 0 Å². The van der Waals surface area contributed by atoms with Crippen LogP contribution >= 0.6 is 0 Å². The van der Waals surface area contributed by atoms with Crippen molar-refractivity contribution in [2.75, 3.05) is 54.5 Å². The molecule has 0 spiro atoms. The summed E-state index contributed by atoms with van der Waals surface area (Å²) < 4.78 is 3.73. The quantitative estimate of drug-likeness (QED) is 0.380. The standard InChI is InChI=1S/2C21H29N3O3/c2*1-4-5-14-8-9-17-18-15(11-23(17)20(14)26)16(12-25)19(21(27)22(2)3)24(18)10-13-6-7-13/h2*4-5,8-9,13,15-16,18-19,25H,6-7,10-12H2,1-3H3/b5-4+;5-4-/t2*15-,16-,18+,19-/m00/s1. The number of likely N-dealkylation sites (tertiary alicyclic amines) is 2. The molecular formula is C42H58N6O6. The third-order valence-corrected chi connectivity index (χ3v) is 12.9. The molecule has 4 fully saturated rings. The van der Waals surface area contributed by atoms with Crippen molar-refractivity contribution in [1.82, 2.24) is 28.7 Å². The molecule has 0 unspecified atom stereocenters. The Morgan fingerprint density at radius 2 is 1.04 bits per heavy atom. The van der Waals surface area contributed by atoms with Gasteiger partial charge in [0.05, 0.1) is 24.2 Å². The number of pyridine rings is 2. The second kappa shape index (κ2) is 15.4. The van der Waals surface area contributed by atoms with Gasteiger partial charge in [-0.2, -0.15) is 0 Å². The maximum atomic E-state index is 13.0. The summed E-state index contributed by atoms with van der Waals surface area (Å²) >= 11 is 0. The highest BCUT2D eigenvalue weighted by atomic mass is 16.3. The van der Waals surface area contributed by atoms with Gasteiger partial charge in [0.15, 0.2) is 0 Å². The molecule has 54 heavy (non-hydrogen) atoms. The zero-order valence-corrected chi connectivity index (χ0v) is 32.7. The van der Waals surface area contributed by atoms with Gasteiger partial charge in [-0.1, -0.05) is 24.3 Å². The minimum absolute atomic E-state index is 0.0264. The number of hydrogen-bond acceptors (Lipinski definition) is 8. The molecule has 292 valence electrons. The van der Waals surface area contributed by atoms with E-state index in [9.17, 15) is 29.4 Å². The van der Waals surface area contributed by atoms with E-state index in [2.05, 4.69) is 9.80 Å². The van der Waals surface area contributed by atoms with Gasteiger partial charge in [0.2, 0.25) is 11.8 Å². The molecule has 12 nitrogen and oxygen atoms in total. The number of carbonyl (C=O) groups excluding carboxylic acids is 2. The molecule has 4 aliphatic heterocycles. The molecule has 2 aliphatic carbocycles. The van der Waals surface area contributed by atoms with E-state index in [1.165, 1.54) is 25.7 Å². The molecule has 2 aromatic rings. The first-order valence-electron chi connectivity index (χ1n) is 19.8. The summed E-state index contributed by atoms with van der Waals surface area (Å²) in [5.74, 6) is 1.27. The maximum absolute atomic E-state index is 13.0. The van der Waals surface area contributed by atoms with E-state index in [0.717, 1.165) is 24.5 Å². The highest BCUT2D eigenvalue weighted by Crippen LogP contribution is 2.52. The fourth-order valence-electron chi connectivity index (χ4n) is 9.96. The van der Waals surface area contributed by atoms with Crippen LogP contribution < -0.4 is 11.1 Å². The molecule has 0 bridgehead atoms. The predicted molar refractivity (Wildman–Crippen MR) is 208 cm³/mol. The average Bonchev–Trinajstić information content (AvgIpc) is 4.02. The van der Waals surface area contributed by atoms with Gasteiger partial charge in [0.1, 0.15) is 0 Å². The predicted octanol–water partition coefficient (Wildman–Crippen LogP) is 2.69. The molecule has 8 atom stereocenters. The summed E-state index contributed by atoms with van der Waals surface area (Å²) in [7, 11) is 7.12. The van der Waals surface area contributed by atoms with Crippen LogP contribution in [0.2, 0.25) is 0 Å². The number of aromatic nitrogens is 2. The molecule has 2 aromatic heterocycles. The molecule has 2 N–H and O–H groups in total. The first kappa shape index (κ1) is 38.4. The van der Waals surface area contributed by atoms with Crippen LogP contribution in [0, 0.1) is 35.5 Å². The third-order valence-electron chi connectivity index (χ3n) is 12.9. The fraction of sp³-hybridized carbons (Fsp3) is 0.619. The zero-order chi connectivity index (χ0) is 38.6. The molecular weight excluding hydrogens is 684 g/mol. The van der Waals surface area contributed by atoms with Crippen molar-refractivity contribution >= 4 is 24.0 Å². The van der Waals surface area contributed by atoms with Crippen LogP contribution in [-0.2, 0) is 22.7 Å². The van der Waals surface area contributed by atoms with Crippen LogP contribution in [0.5, 0.6) is 0 Å². The monoisotopic (exact) mass is 742 g/mol. The van der Waals surface area contributed by atoms with Crippen LogP contribution in [0.1, 0.15) is 74.1 Å². The van der Waals surface area contributed by atoms with Gasteiger partial charge < -0.3 is 29.1 Å². The minimum Gasteiger partial charge on any atom is -0.396 e. The number of rotatable bonds is 10. The lowest BCUT2D eigenvalue weighted by Crippen LogP contribution is -2.48. The van der Waals surface area contributed by atoms with Crippen molar-refractivity contribution in [2.45, 2.75) is 76.8 Å². The number of aliphatic hydroxyl groups is 2. The first-order valence-corrected chi connectivity index (χ1v) is 19.8. The van der Waals surface area contributed by atoms with Crippen LogP contribution in [0.4, 0.5) is 0 Å². The van der Waals surface area contributed by atoms with E-state index in [0.29, 0.717) is 36.1 Å². The molecule has 12 heteroatoms. The topological polar surface area (TPSA) is 132 Å². The Morgan fingerprint density at radius 3 is 1.33 bits per heavy atom. The smallest absolute Gasteiger partial charge is 0.258 e. The summed E-state index contributed by atoms with van der Waals surface area (Å²) in [6, 6.07) is 7.31. The Morgan fingerprint density at radius 1 is 0.667 bits per heavy atom. The van der Waals surface area contributed by atoms with E-state index < -0.39 is 0 Å². The average molecular weight is 743 g/mol. The summed E-state index contributed by atoms with van der Waals surface area (Å²) in [4.78, 5) is 59.6. The van der Waals surface area contributed by atoms with Gasteiger partial charge in [0.25, 0.3) is 11.1 Å². The Bertz CT molecular complexity index is 1790. The van der Waals surface area contributed by atoms with Crippen LogP contribution in [0.25, 0.3) is 12.2 Å². The molecule has 2 saturated heterocycles. The lowest BCUT2D eigenvalue weighted by Gasteiger charge is -2.32. The van der Waals surface area contributed by atoms with Gasteiger partial charge in [-0.3, -0.25) is 29.0 Å². The number of amides is 2. The molecule has 8 rings (SSSR count). The molecule has 0 radical (unpaired) electrons. The summed E-state index contributed by atoms with van der Waals surface area (Å²) in [5, 5.41) is 20.3. The second-order valence-electron chi connectivity index (χ2n) is 16.8. The highest BCUT2D eigenvalue weighted by molar-refractivity contribution is 5.83. The number of aliphatic hydroxyl groups excluding tert-OH is 2. The lowest BCUT2D eigenvalue weighted by atomic mass is 9.88. The van der Waals surface area contributed by atoms with Crippen molar-refractivity contribution in [3.05, 3.63) is 79.6 Å². The van der Waals surface area contributed by atoms with Crippen molar-refractivity contribution in [3.63, 3.8) is 0 Å². The van der Waals surface area contributed by atoms with Crippen molar-refractivity contribution in [3.8, 4) is 0 Å². The summed E-state index contributed by atoms with van der Waals surface area (Å²) in [6.07, 6.45) is 12.2. The lowest BCUT2D eigenvalue weighted by molar-refractivity contribution is -0.136. The number of carbonyl (C=O) groups is 2. The SMILES string of the molecule is C/C=C/c1ccc2n(c1=O)C[C@H]1[C@H](CO)[C@@H](C(=O)N(C)C)N(CC3CC3)[C@@H]21.C/C=C\c1ccc2n(c1=O)C[C@H]1[C@H](CO)[C@@H](C(=O)N(C)C)N(CC3CC3)[C@@H]21. The summed E-state index contributed by atoms with van der Waals surface area (Å²) in [6.45, 7) is 6.64. The van der Waals surface area contributed by atoms with E-state index in [-0.39, 0.29) is 84.0 Å². The second-order valence-corrected chi connectivity index (χ2v) is 16.8. The Labute approximate surface area is 318 Å². The van der Waals surface area contributed by atoms with Crippen LogP contribution in [0.3, 0.4) is 0 Å². The minimum atomic E-state index is -0.306. The Balaban J connectivity index is 0.000000167. The van der Waals surface area contributed by atoms with Crippen LogP contribution in [0.15, 0.2) is 46.0 Å². The molecule has 2 amide bonds. The molecule has 2 saturated carbocycles. The number of hydrogen-bond donors (Lipinski definition) is 2. The Kier molecular flexibility index (Phi) is 10.9. The Hall–Kier alpha value is -3.84. The van der Waals surface area contributed by atoms with Gasteiger partial charge in [-0.15, -0.1) is 0 Å². The number of nitrogens with zero attached hydrogens (tertiary/aromatic N) is 6. The van der Waals surface area contributed by atoms with Crippen LogP contribution in [-0.4, -0.2) is 117 Å². The van der Waals surface area contributed by atoms with Gasteiger partial charge in [-0.25, -0.2) is 0 Å². The van der Waals surface area contributed by atoms with E-state index >= 15 is 0 Å². The zero-order valence-electron chi connectivity index (χ0n) is 32.7. The van der Waals surface area contributed by atoms with E-state index in [1.807, 2.05) is 71.6 Å². The molecule has 6 heterocycles. The van der Waals surface area contributed by atoms with Crippen molar-refractivity contribution in [1.29, 1.82) is 0 Å². The fourth-order valence-corrected chi connectivity index (χ4v) is 9.96. The largest absolute Gasteiger partial charge is 0.396 e. The van der Waals surface area contributed by atoms with Gasteiger partial charge in [-0.05, 0) is 75.6 Å². The van der Waals surface area contributed by atoms with Gasteiger partial charge in [0, 0.05) is 114 Å². The maximum Gasteiger partial charge on any atom is 0.258 e. The normalized spacial score (nSPS) is 29.9. The summed E-state index contributed by atoms with van der Waals surface area (Å²) in [5.41, 5.74) is 3.42. The van der Waals surface area contributed by atoms with Gasteiger partial charge >= 0.3 is 0 Å². The highest BCUT2D eigenvalue weighted by Gasteiger charge is 2.58. The number of fused-ring (bicyclic) bond motifs is 6. The molecule has 0 aromatic carbocycles. The number of likely N-dealkylation sites (N-methyl/N-ethyl adjacent to an activating group) is 2. The first-order chi connectivity index (χ1) is 25.9. The van der Waals surface area contributed by atoms with E-state index in [1.54, 1.807) is 38.0 Å². The third kappa shape index (κ3) is 6.73. The van der Waals surface area contributed by atoms with Crippen molar-refractivity contribution in [2.24, 2.45) is 35.5 Å². The number of allylic oxidation sites excluding steroid dienone is 2. The molecule has 6 aliphatic rings.